The molecule has 3 aromatic carbocycles. The van der Waals surface area contributed by atoms with Crippen molar-refractivity contribution in [1.29, 1.82) is 0 Å². The van der Waals surface area contributed by atoms with Crippen molar-refractivity contribution in [1.82, 2.24) is 14.8 Å². The number of rotatable bonds is 14. The van der Waals surface area contributed by atoms with Gasteiger partial charge in [-0.1, -0.05) is 95.5 Å². The van der Waals surface area contributed by atoms with Crippen LogP contribution in [0.3, 0.4) is 0 Å². The van der Waals surface area contributed by atoms with Gasteiger partial charge in [-0.3, -0.25) is 4.57 Å². The summed E-state index contributed by atoms with van der Waals surface area (Å²) in [6, 6.07) is 25.4. The van der Waals surface area contributed by atoms with Crippen LogP contribution >= 0.6 is 0 Å². The van der Waals surface area contributed by atoms with Gasteiger partial charge in [0.25, 0.3) is 0 Å². The number of unbranched alkanes of at least 4 members (excludes halogenated alkanes) is 2. The first-order valence-corrected chi connectivity index (χ1v) is 14.2. The van der Waals surface area contributed by atoms with Gasteiger partial charge in [0.1, 0.15) is 5.75 Å². The molecule has 0 aliphatic carbocycles. The standard InChI is InChI=1S/C34H41N3O/c1-5-9-11-27(8-4)25-38-32-23-19-30(20-24-32)34-36-35-33(29-17-13-26(7-3)14-18-29)37(34)31-21-15-28(16-22-31)12-10-6-2/h7,13-24,27H,3,5-6,8-12,25H2,1-2,4H3. The molecular weight excluding hydrogens is 466 g/mol. The van der Waals surface area contributed by atoms with E-state index in [1.54, 1.807) is 0 Å². The zero-order valence-electron chi connectivity index (χ0n) is 23.2. The molecule has 4 heteroatoms. The predicted octanol–water partition coefficient (Wildman–Crippen LogP) is 9.18. The molecule has 1 aromatic heterocycles. The summed E-state index contributed by atoms with van der Waals surface area (Å²) in [6.45, 7) is 11.4. The van der Waals surface area contributed by atoms with Crippen molar-refractivity contribution in [2.75, 3.05) is 6.61 Å². The van der Waals surface area contributed by atoms with Crippen LogP contribution in [0, 0.1) is 5.92 Å². The van der Waals surface area contributed by atoms with Gasteiger partial charge in [0.05, 0.1) is 6.61 Å². The van der Waals surface area contributed by atoms with E-state index in [9.17, 15) is 0 Å². The Morgan fingerprint density at radius 3 is 1.95 bits per heavy atom. The Labute approximate surface area is 228 Å². The van der Waals surface area contributed by atoms with Crippen LogP contribution in [0.5, 0.6) is 5.75 Å². The highest BCUT2D eigenvalue weighted by Crippen LogP contribution is 2.30. The molecule has 0 spiro atoms. The number of benzene rings is 3. The molecule has 0 aliphatic rings. The third-order valence-corrected chi connectivity index (χ3v) is 7.22. The molecule has 0 fully saturated rings. The number of ether oxygens (including phenoxy) is 1. The summed E-state index contributed by atoms with van der Waals surface area (Å²) in [5.41, 5.74) is 5.51. The Morgan fingerprint density at radius 2 is 1.39 bits per heavy atom. The van der Waals surface area contributed by atoms with Crippen LogP contribution in [0.15, 0.2) is 79.4 Å². The van der Waals surface area contributed by atoms with Gasteiger partial charge in [0, 0.05) is 16.8 Å². The summed E-state index contributed by atoms with van der Waals surface area (Å²) in [4.78, 5) is 0. The van der Waals surface area contributed by atoms with Crippen molar-refractivity contribution >= 4 is 6.08 Å². The number of hydrogen-bond acceptors (Lipinski definition) is 3. The fourth-order valence-corrected chi connectivity index (χ4v) is 4.68. The molecule has 4 nitrogen and oxygen atoms in total. The molecule has 1 heterocycles. The van der Waals surface area contributed by atoms with Gasteiger partial charge < -0.3 is 4.74 Å². The Morgan fingerprint density at radius 1 is 0.789 bits per heavy atom. The minimum absolute atomic E-state index is 0.605. The predicted molar refractivity (Wildman–Crippen MR) is 160 cm³/mol. The summed E-state index contributed by atoms with van der Waals surface area (Å²) >= 11 is 0. The SMILES string of the molecule is C=Cc1ccc(-c2nnc(-c3ccc(OCC(CC)CCCC)cc3)n2-c2ccc(CCCC)cc2)cc1. The lowest BCUT2D eigenvalue weighted by atomic mass is 10.0. The van der Waals surface area contributed by atoms with Crippen LogP contribution in [-0.4, -0.2) is 21.4 Å². The Hall–Kier alpha value is -3.66. The van der Waals surface area contributed by atoms with Crippen molar-refractivity contribution in [2.24, 2.45) is 5.92 Å². The van der Waals surface area contributed by atoms with Crippen molar-refractivity contribution < 1.29 is 4.74 Å². The van der Waals surface area contributed by atoms with E-state index in [0.29, 0.717) is 5.92 Å². The number of nitrogens with zero attached hydrogens (tertiary/aromatic N) is 3. The van der Waals surface area contributed by atoms with Gasteiger partial charge >= 0.3 is 0 Å². The van der Waals surface area contributed by atoms with Gasteiger partial charge in [0.15, 0.2) is 11.6 Å². The van der Waals surface area contributed by atoms with Crippen molar-refractivity contribution in [3.05, 3.63) is 90.5 Å². The van der Waals surface area contributed by atoms with Gasteiger partial charge in [-0.2, -0.15) is 0 Å². The first kappa shape index (κ1) is 27.4. The lowest BCUT2D eigenvalue weighted by Crippen LogP contribution is -2.11. The molecule has 0 radical (unpaired) electrons. The summed E-state index contributed by atoms with van der Waals surface area (Å²) in [5.74, 6) is 3.14. The fourth-order valence-electron chi connectivity index (χ4n) is 4.68. The molecule has 198 valence electrons. The maximum atomic E-state index is 6.15. The van der Waals surface area contributed by atoms with Crippen LogP contribution in [0.2, 0.25) is 0 Å². The molecule has 0 saturated heterocycles. The smallest absolute Gasteiger partial charge is 0.168 e. The van der Waals surface area contributed by atoms with E-state index in [-0.39, 0.29) is 0 Å². The lowest BCUT2D eigenvalue weighted by molar-refractivity contribution is 0.233. The molecule has 0 N–H and O–H groups in total. The summed E-state index contributed by atoms with van der Waals surface area (Å²) < 4.78 is 8.31. The van der Waals surface area contributed by atoms with Crippen molar-refractivity contribution in [3.8, 4) is 34.2 Å². The van der Waals surface area contributed by atoms with Crippen LogP contribution < -0.4 is 4.74 Å². The van der Waals surface area contributed by atoms with E-state index in [1.807, 2.05) is 18.2 Å². The van der Waals surface area contributed by atoms with E-state index in [4.69, 9.17) is 4.74 Å². The van der Waals surface area contributed by atoms with Crippen molar-refractivity contribution in [2.45, 2.75) is 65.7 Å². The Balaban J connectivity index is 1.64. The minimum atomic E-state index is 0.605. The molecule has 0 bridgehead atoms. The molecule has 4 aromatic rings. The van der Waals surface area contributed by atoms with E-state index >= 15 is 0 Å². The number of aromatic nitrogens is 3. The molecule has 1 unspecified atom stereocenters. The third kappa shape index (κ3) is 6.80. The molecule has 0 amide bonds. The average Bonchev–Trinajstić information content (AvgIpc) is 3.42. The fraction of sp³-hybridized carbons (Fsp3) is 0.353. The second kappa shape index (κ2) is 13.8. The third-order valence-electron chi connectivity index (χ3n) is 7.22. The van der Waals surface area contributed by atoms with Crippen molar-refractivity contribution in [3.63, 3.8) is 0 Å². The average molecular weight is 508 g/mol. The monoisotopic (exact) mass is 507 g/mol. The van der Waals surface area contributed by atoms with E-state index in [2.05, 4.69) is 103 Å². The molecule has 38 heavy (non-hydrogen) atoms. The summed E-state index contributed by atoms with van der Waals surface area (Å²) in [6.07, 6.45) is 10.2. The van der Waals surface area contributed by atoms with Gasteiger partial charge in [0.2, 0.25) is 0 Å². The highest BCUT2D eigenvalue weighted by Gasteiger charge is 2.17. The largest absolute Gasteiger partial charge is 0.493 e. The minimum Gasteiger partial charge on any atom is -0.493 e. The maximum Gasteiger partial charge on any atom is 0.168 e. The maximum absolute atomic E-state index is 6.15. The van der Waals surface area contributed by atoms with E-state index in [1.165, 1.54) is 37.7 Å². The van der Waals surface area contributed by atoms with Crippen LogP contribution in [0.4, 0.5) is 0 Å². The van der Waals surface area contributed by atoms with Gasteiger partial charge in [-0.05, 0) is 72.7 Å². The molecule has 4 rings (SSSR count). The van der Waals surface area contributed by atoms with Gasteiger partial charge in [-0.15, -0.1) is 10.2 Å². The second-order valence-electron chi connectivity index (χ2n) is 10.0. The summed E-state index contributed by atoms with van der Waals surface area (Å²) in [5, 5.41) is 9.30. The highest BCUT2D eigenvalue weighted by atomic mass is 16.5. The number of hydrogen-bond donors (Lipinski definition) is 0. The molecule has 1 atom stereocenters. The first-order valence-electron chi connectivity index (χ1n) is 14.2. The van der Waals surface area contributed by atoms with Crippen LogP contribution in [0.25, 0.3) is 34.5 Å². The zero-order chi connectivity index (χ0) is 26.7. The van der Waals surface area contributed by atoms with E-state index < -0.39 is 0 Å². The topological polar surface area (TPSA) is 39.9 Å². The van der Waals surface area contributed by atoms with Crippen LogP contribution in [-0.2, 0) is 6.42 Å². The quantitative estimate of drug-likeness (QED) is 0.171. The molecular formula is C34H41N3O. The molecule has 0 aliphatic heterocycles. The van der Waals surface area contributed by atoms with Gasteiger partial charge in [-0.25, -0.2) is 0 Å². The number of aryl methyl sites for hydroxylation is 1. The first-order chi connectivity index (χ1) is 18.7. The Kier molecular flexibility index (Phi) is 9.91. The van der Waals surface area contributed by atoms with E-state index in [0.717, 1.165) is 59.2 Å². The summed E-state index contributed by atoms with van der Waals surface area (Å²) in [7, 11) is 0. The lowest BCUT2D eigenvalue weighted by Gasteiger charge is -2.16. The second-order valence-corrected chi connectivity index (χ2v) is 10.0. The molecule has 0 saturated carbocycles. The normalized spacial score (nSPS) is 11.9. The van der Waals surface area contributed by atoms with Crippen LogP contribution in [0.1, 0.15) is 70.4 Å². The zero-order valence-corrected chi connectivity index (χ0v) is 23.2. The highest BCUT2D eigenvalue weighted by molar-refractivity contribution is 5.68. The Bertz CT molecular complexity index is 1270.